The first-order valence-corrected chi connectivity index (χ1v) is 34.0. The van der Waals surface area contributed by atoms with Gasteiger partial charge in [-0.1, -0.05) is 322 Å². The van der Waals surface area contributed by atoms with E-state index in [0.717, 1.165) is 96.3 Å². The lowest BCUT2D eigenvalue weighted by molar-refractivity contribution is -0.166. The molecule has 0 aromatic rings. The van der Waals surface area contributed by atoms with E-state index in [0.29, 0.717) is 19.3 Å². The summed E-state index contributed by atoms with van der Waals surface area (Å²) in [5, 5.41) is 0. The average Bonchev–Trinajstić information content (AvgIpc) is 3.47. The van der Waals surface area contributed by atoms with Crippen LogP contribution in [0, 0.1) is 0 Å². The second-order valence-corrected chi connectivity index (χ2v) is 22.3. The molecule has 81 heavy (non-hydrogen) atoms. The van der Waals surface area contributed by atoms with E-state index in [2.05, 4.69) is 136 Å². The van der Waals surface area contributed by atoms with Gasteiger partial charge in [0.2, 0.25) is 0 Å². The van der Waals surface area contributed by atoms with Gasteiger partial charge in [-0.05, 0) is 96.3 Å². The maximum absolute atomic E-state index is 12.9. The van der Waals surface area contributed by atoms with Crippen molar-refractivity contribution in [3.8, 4) is 0 Å². The van der Waals surface area contributed by atoms with Gasteiger partial charge in [0.15, 0.2) is 6.10 Å². The minimum Gasteiger partial charge on any atom is -0.462 e. The highest BCUT2D eigenvalue weighted by Gasteiger charge is 2.19. The monoisotopic (exact) mass is 1120 g/mol. The van der Waals surface area contributed by atoms with Gasteiger partial charge in [0, 0.05) is 19.3 Å². The summed E-state index contributed by atoms with van der Waals surface area (Å²) in [7, 11) is 0. The largest absolute Gasteiger partial charge is 0.462 e. The summed E-state index contributed by atoms with van der Waals surface area (Å²) in [4.78, 5) is 38.3. The summed E-state index contributed by atoms with van der Waals surface area (Å²) in [6.45, 7) is 6.34. The molecule has 0 spiro atoms. The summed E-state index contributed by atoms with van der Waals surface area (Å²) in [5.74, 6) is -1.04. The zero-order chi connectivity index (χ0) is 58.5. The van der Waals surface area contributed by atoms with E-state index in [1.165, 1.54) is 167 Å². The van der Waals surface area contributed by atoms with Crippen LogP contribution in [0.5, 0.6) is 0 Å². The molecule has 0 saturated carbocycles. The molecule has 0 aliphatic rings. The molecule has 462 valence electrons. The Morgan fingerprint density at radius 2 is 0.506 bits per heavy atom. The lowest BCUT2D eigenvalue weighted by Crippen LogP contribution is -2.30. The summed E-state index contributed by atoms with van der Waals surface area (Å²) in [6, 6.07) is 0. The van der Waals surface area contributed by atoms with Crippen molar-refractivity contribution in [1.82, 2.24) is 0 Å². The van der Waals surface area contributed by atoms with Crippen LogP contribution in [0.2, 0.25) is 0 Å². The molecule has 0 heterocycles. The van der Waals surface area contributed by atoms with E-state index in [9.17, 15) is 14.4 Å². The molecule has 0 amide bonds. The molecule has 0 radical (unpaired) electrons. The number of ether oxygens (including phenoxy) is 3. The fourth-order valence-corrected chi connectivity index (χ4v) is 9.46. The summed E-state index contributed by atoms with van der Waals surface area (Å²) in [5.41, 5.74) is 0. The minimum atomic E-state index is -0.839. The van der Waals surface area contributed by atoms with Gasteiger partial charge in [0.05, 0.1) is 0 Å². The van der Waals surface area contributed by atoms with Crippen molar-refractivity contribution in [1.29, 1.82) is 0 Å². The lowest BCUT2D eigenvalue weighted by Gasteiger charge is -2.18. The molecule has 0 bridgehead atoms. The van der Waals surface area contributed by atoms with E-state index >= 15 is 0 Å². The third-order valence-electron chi connectivity index (χ3n) is 14.5. The Morgan fingerprint density at radius 1 is 0.259 bits per heavy atom. The third kappa shape index (κ3) is 66.5. The van der Waals surface area contributed by atoms with Crippen LogP contribution >= 0.6 is 0 Å². The van der Waals surface area contributed by atoms with Crippen LogP contribution in [-0.2, 0) is 28.6 Å². The number of hydrogen-bond donors (Lipinski definition) is 0. The first kappa shape index (κ1) is 76.8. The average molecular weight is 1120 g/mol. The number of esters is 3. The Morgan fingerprint density at radius 3 is 0.802 bits per heavy atom. The maximum Gasteiger partial charge on any atom is 0.306 e. The zero-order valence-electron chi connectivity index (χ0n) is 53.0. The first-order chi connectivity index (χ1) is 40.0. The van der Waals surface area contributed by atoms with Crippen LogP contribution in [0.1, 0.15) is 316 Å². The van der Waals surface area contributed by atoms with Crippen molar-refractivity contribution < 1.29 is 28.6 Å². The summed E-state index contributed by atoms with van der Waals surface area (Å²) < 4.78 is 16.8. The standard InChI is InChI=1S/C75H126O6/c1-4-7-10-13-16-19-22-25-28-30-32-33-34-35-36-37-38-39-40-41-43-44-47-50-53-56-59-62-65-68-74(77)80-71-72(70-79-73(76)67-64-61-58-55-52-49-46-27-24-21-18-15-12-9-6-3)81-75(78)69-66-63-60-57-54-51-48-45-42-31-29-26-23-20-17-14-11-8-5-2/h8-9,11-12,17-18,20-21,26-27,29,42,45-46,51-52,54-55,60,63,72H,4-7,10,13-16,19,22-25,28,30-41,43-44,47-50,53,56-59,61-62,64-71H2,1-3H3/b11-8-,12-9-,20-17-,21-18-,29-26-,45-42-,46-27-,54-51-,55-52-,63-60-. The number of hydrogen-bond acceptors (Lipinski definition) is 6. The number of allylic oxidation sites excluding steroid dienone is 20. The molecule has 0 fully saturated rings. The van der Waals surface area contributed by atoms with Crippen LogP contribution in [0.4, 0.5) is 0 Å². The van der Waals surface area contributed by atoms with Crippen LogP contribution in [0.25, 0.3) is 0 Å². The third-order valence-corrected chi connectivity index (χ3v) is 14.5. The highest BCUT2D eigenvalue weighted by molar-refractivity contribution is 5.71. The Kier molecular flexibility index (Phi) is 64.8. The predicted octanol–water partition coefficient (Wildman–Crippen LogP) is 23.6. The first-order valence-electron chi connectivity index (χ1n) is 34.0. The Labute approximate surface area is 501 Å². The van der Waals surface area contributed by atoms with Gasteiger partial charge in [0.25, 0.3) is 0 Å². The Balaban J connectivity index is 4.36. The van der Waals surface area contributed by atoms with E-state index in [1.807, 2.05) is 6.08 Å². The minimum absolute atomic E-state index is 0.122. The van der Waals surface area contributed by atoms with Crippen molar-refractivity contribution in [2.24, 2.45) is 0 Å². The highest BCUT2D eigenvalue weighted by Crippen LogP contribution is 2.17. The van der Waals surface area contributed by atoms with Crippen LogP contribution in [-0.4, -0.2) is 37.2 Å². The van der Waals surface area contributed by atoms with Crippen molar-refractivity contribution >= 4 is 17.9 Å². The van der Waals surface area contributed by atoms with E-state index in [1.54, 1.807) is 0 Å². The number of rotatable bonds is 61. The molecule has 0 aromatic carbocycles. The quantitative estimate of drug-likeness (QED) is 0.0261. The fourth-order valence-electron chi connectivity index (χ4n) is 9.46. The van der Waals surface area contributed by atoms with Gasteiger partial charge in [-0.2, -0.15) is 0 Å². The SMILES string of the molecule is CC/C=C\C/C=C\C/C=C\C/C=C\C/C=C\C/C=C\CCC(=O)OC(COC(=O)CCCC/C=C\C/C=C\C/C=C\C/C=C\CC)COC(=O)CCCCCCCCCCCCCCCCCCCCCCCCCCCCCCC. The Hall–Kier alpha value is -4.19. The van der Waals surface area contributed by atoms with Crippen molar-refractivity contribution in [2.75, 3.05) is 13.2 Å². The molecule has 0 saturated heterocycles. The smallest absolute Gasteiger partial charge is 0.306 e. The van der Waals surface area contributed by atoms with Gasteiger partial charge in [0.1, 0.15) is 13.2 Å². The number of carbonyl (C=O) groups is 3. The van der Waals surface area contributed by atoms with Crippen LogP contribution < -0.4 is 0 Å². The number of unbranched alkanes of at least 4 members (excludes halogenated alkanes) is 30. The summed E-state index contributed by atoms with van der Waals surface area (Å²) >= 11 is 0. The lowest BCUT2D eigenvalue weighted by atomic mass is 10.0. The molecular weight excluding hydrogens is 997 g/mol. The molecule has 0 aliphatic heterocycles. The molecule has 0 aliphatic carbocycles. The number of carbonyl (C=O) groups excluding carboxylic acids is 3. The highest BCUT2D eigenvalue weighted by atomic mass is 16.6. The second-order valence-electron chi connectivity index (χ2n) is 22.3. The second kappa shape index (κ2) is 68.3. The molecule has 0 rings (SSSR count). The fraction of sp³-hybridized carbons (Fsp3) is 0.693. The van der Waals surface area contributed by atoms with Gasteiger partial charge in [-0.25, -0.2) is 0 Å². The molecule has 0 aromatic heterocycles. The maximum atomic E-state index is 12.9. The van der Waals surface area contributed by atoms with E-state index in [-0.39, 0.29) is 38.0 Å². The topological polar surface area (TPSA) is 78.9 Å². The van der Waals surface area contributed by atoms with Crippen molar-refractivity contribution in [3.63, 3.8) is 0 Å². The van der Waals surface area contributed by atoms with Gasteiger partial charge >= 0.3 is 17.9 Å². The summed E-state index contributed by atoms with van der Waals surface area (Å²) in [6.07, 6.45) is 95.4. The normalized spacial score (nSPS) is 12.9. The van der Waals surface area contributed by atoms with Gasteiger partial charge in [-0.3, -0.25) is 14.4 Å². The molecule has 6 heteroatoms. The molecule has 1 unspecified atom stereocenters. The van der Waals surface area contributed by atoms with Gasteiger partial charge in [-0.15, -0.1) is 0 Å². The Bertz CT molecular complexity index is 1670. The van der Waals surface area contributed by atoms with Crippen molar-refractivity contribution in [2.45, 2.75) is 322 Å². The predicted molar refractivity (Wildman–Crippen MR) is 353 cm³/mol. The molecule has 0 N–H and O–H groups in total. The molecule has 6 nitrogen and oxygen atoms in total. The van der Waals surface area contributed by atoms with E-state index < -0.39 is 12.1 Å². The van der Waals surface area contributed by atoms with Crippen LogP contribution in [0.15, 0.2) is 122 Å². The van der Waals surface area contributed by atoms with Gasteiger partial charge < -0.3 is 14.2 Å². The van der Waals surface area contributed by atoms with E-state index in [4.69, 9.17) is 14.2 Å². The van der Waals surface area contributed by atoms with Crippen molar-refractivity contribution in [3.05, 3.63) is 122 Å². The molecular formula is C75H126O6. The zero-order valence-corrected chi connectivity index (χ0v) is 53.0. The molecule has 1 atom stereocenters. The van der Waals surface area contributed by atoms with Crippen LogP contribution in [0.3, 0.4) is 0 Å².